The molecule has 2 N–H and O–H groups in total. The Hall–Kier alpha value is -1.22. The number of halogens is 2. The number of hydrogen-bond acceptors (Lipinski definition) is 5. The second-order valence-corrected chi connectivity index (χ2v) is 7.18. The monoisotopic (exact) mass is 366 g/mol. The highest BCUT2D eigenvalue weighted by molar-refractivity contribution is 7.91. The van der Waals surface area contributed by atoms with Crippen LogP contribution in [0.4, 0.5) is 4.39 Å². The summed E-state index contributed by atoms with van der Waals surface area (Å²) in [5, 5.41) is 5.61. The lowest BCUT2D eigenvalue weighted by Gasteiger charge is -2.29. The van der Waals surface area contributed by atoms with Crippen LogP contribution in [0, 0.1) is 5.82 Å². The molecule has 1 amide bonds. The summed E-state index contributed by atoms with van der Waals surface area (Å²) < 4.78 is 42.3. The number of carbonyl (C=O) groups is 1. The summed E-state index contributed by atoms with van der Waals surface area (Å²) in [7, 11) is -3.55. The third-order valence-electron chi connectivity index (χ3n) is 3.44. The molecule has 23 heavy (non-hydrogen) atoms. The zero-order valence-corrected chi connectivity index (χ0v) is 14.3. The zero-order valence-electron chi connectivity index (χ0n) is 12.6. The van der Waals surface area contributed by atoms with E-state index in [1.807, 2.05) is 0 Å². The van der Waals surface area contributed by atoms with E-state index in [4.69, 9.17) is 4.74 Å². The fraction of sp³-hybridized carbons (Fsp3) is 0.500. The molecule has 0 aliphatic carbocycles. The van der Waals surface area contributed by atoms with Gasteiger partial charge in [0, 0.05) is 13.1 Å². The van der Waals surface area contributed by atoms with Crippen LogP contribution in [0.2, 0.25) is 0 Å². The van der Waals surface area contributed by atoms with Crippen molar-refractivity contribution in [3.05, 3.63) is 30.1 Å². The number of morpholine rings is 1. The SMILES string of the molecule is C[C@H]1OCCN[C@@H]1C(=O)NCCS(=O)(=O)c1ccc(F)cc1.Cl. The van der Waals surface area contributed by atoms with Crippen LogP contribution in [-0.2, 0) is 19.4 Å². The van der Waals surface area contributed by atoms with Crippen molar-refractivity contribution < 1.29 is 22.3 Å². The third-order valence-corrected chi connectivity index (χ3v) is 5.17. The van der Waals surface area contributed by atoms with Crippen molar-refractivity contribution in [1.29, 1.82) is 0 Å². The Morgan fingerprint density at radius 1 is 1.39 bits per heavy atom. The van der Waals surface area contributed by atoms with E-state index in [-0.39, 0.29) is 41.6 Å². The maximum absolute atomic E-state index is 12.8. The summed E-state index contributed by atoms with van der Waals surface area (Å²) in [6.07, 6.45) is -0.262. The molecule has 0 unspecified atom stereocenters. The van der Waals surface area contributed by atoms with Crippen molar-refractivity contribution in [2.45, 2.75) is 24.0 Å². The number of amides is 1. The predicted octanol–water partition coefficient (Wildman–Crippen LogP) is 0.514. The average Bonchev–Trinajstić information content (AvgIpc) is 2.48. The van der Waals surface area contributed by atoms with Crippen molar-refractivity contribution in [3.8, 4) is 0 Å². The predicted molar refractivity (Wildman–Crippen MR) is 85.9 cm³/mol. The quantitative estimate of drug-likeness (QED) is 0.742. The van der Waals surface area contributed by atoms with Gasteiger partial charge in [-0.05, 0) is 31.2 Å². The van der Waals surface area contributed by atoms with E-state index in [0.29, 0.717) is 13.2 Å². The standard InChI is InChI=1S/C14H19FN2O4S.ClH/c1-10-13(16-6-8-21-10)14(18)17-7-9-22(19,20)12-4-2-11(15)3-5-12;/h2-5,10,13,16H,6-9H2,1H3,(H,17,18);1H/t10-,13+;/m1./s1. The number of rotatable bonds is 5. The van der Waals surface area contributed by atoms with Gasteiger partial charge in [0.1, 0.15) is 11.9 Å². The fourth-order valence-corrected chi connectivity index (χ4v) is 3.36. The summed E-state index contributed by atoms with van der Waals surface area (Å²) in [5.74, 6) is -1.03. The van der Waals surface area contributed by atoms with E-state index in [0.717, 1.165) is 12.1 Å². The number of benzene rings is 1. The molecule has 2 rings (SSSR count). The van der Waals surface area contributed by atoms with Crippen molar-refractivity contribution in [2.24, 2.45) is 0 Å². The van der Waals surface area contributed by atoms with Crippen LogP contribution in [0.25, 0.3) is 0 Å². The van der Waals surface area contributed by atoms with Crippen LogP contribution in [0.5, 0.6) is 0 Å². The normalized spacial score (nSPS) is 21.3. The Morgan fingerprint density at radius 3 is 2.65 bits per heavy atom. The minimum absolute atomic E-state index is 0. The van der Waals surface area contributed by atoms with Gasteiger partial charge in [0.15, 0.2) is 9.84 Å². The van der Waals surface area contributed by atoms with E-state index in [1.54, 1.807) is 6.92 Å². The summed E-state index contributed by atoms with van der Waals surface area (Å²) in [6.45, 7) is 2.90. The number of carbonyl (C=O) groups excluding carboxylic acids is 1. The first-order chi connectivity index (χ1) is 10.4. The van der Waals surface area contributed by atoms with Gasteiger partial charge < -0.3 is 15.4 Å². The highest BCUT2D eigenvalue weighted by Crippen LogP contribution is 2.11. The minimum atomic E-state index is -3.55. The van der Waals surface area contributed by atoms with Crippen LogP contribution in [0.1, 0.15) is 6.92 Å². The van der Waals surface area contributed by atoms with Gasteiger partial charge in [-0.3, -0.25) is 4.79 Å². The number of sulfone groups is 1. The van der Waals surface area contributed by atoms with E-state index in [9.17, 15) is 17.6 Å². The highest BCUT2D eigenvalue weighted by atomic mass is 35.5. The lowest BCUT2D eigenvalue weighted by Crippen LogP contribution is -2.55. The van der Waals surface area contributed by atoms with E-state index in [1.165, 1.54) is 12.1 Å². The zero-order chi connectivity index (χ0) is 16.2. The third kappa shape index (κ3) is 5.42. The molecule has 1 saturated heterocycles. The maximum atomic E-state index is 12.8. The Bertz CT molecular complexity index is 624. The van der Waals surface area contributed by atoms with Crippen molar-refractivity contribution in [1.82, 2.24) is 10.6 Å². The molecule has 1 heterocycles. The molecule has 9 heteroatoms. The van der Waals surface area contributed by atoms with Crippen molar-refractivity contribution in [2.75, 3.05) is 25.4 Å². The molecule has 0 aromatic heterocycles. The topological polar surface area (TPSA) is 84.5 Å². The molecular formula is C14H20ClFN2O4S. The first kappa shape index (κ1) is 19.8. The maximum Gasteiger partial charge on any atom is 0.239 e. The van der Waals surface area contributed by atoms with Gasteiger partial charge in [-0.2, -0.15) is 0 Å². The van der Waals surface area contributed by atoms with Crippen molar-refractivity contribution >= 4 is 28.2 Å². The smallest absolute Gasteiger partial charge is 0.239 e. The van der Waals surface area contributed by atoms with Crippen LogP contribution in [-0.4, -0.2) is 51.9 Å². The fourth-order valence-electron chi connectivity index (χ4n) is 2.21. The summed E-state index contributed by atoms with van der Waals surface area (Å²) in [4.78, 5) is 12.0. The second kappa shape index (κ2) is 8.58. The second-order valence-electron chi connectivity index (χ2n) is 5.07. The first-order valence-electron chi connectivity index (χ1n) is 7.01. The molecular weight excluding hydrogens is 347 g/mol. The number of hydrogen-bond donors (Lipinski definition) is 2. The van der Waals surface area contributed by atoms with Crippen LogP contribution in [0.15, 0.2) is 29.2 Å². The van der Waals surface area contributed by atoms with Gasteiger partial charge in [-0.1, -0.05) is 0 Å². The van der Waals surface area contributed by atoms with Gasteiger partial charge in [0.25, 0.3) is 0 Å². The molecule has 1 fully saturated rings. The Labute approximate surface area is 141 Å². The molecule has 1 aliphatic heterocycles. The van der Waals surface area contributed by atoms with Gasteiger partial charge >= 0.3 is 0 Å². The van der Waals surface area contributed by atoms with Gasteiger partial charge in [-0.25, -0.2) is 12.8 Å². The van der Waals surface area contributed by atoms with Gasteiger partial charge in [-0.15, -0.1) is 12.4 Å². The van der Waals surface area contributed by atoms with Crippen LogP contribution in [0.3, 0.4) is 0 Å². The Balaban J connectivity index is 0.00000264. The molecule has 0 saturated carbocycles. The summed E-state index contributed by atoms with van der Waals surface area (Å²) >= 11 is 0. The van der Waals surface area contributed by atoms with E-state index in [2.05, 4.69) is 10.6 Å². The molecule has 0 spiro atoms. The molecule has 6 nitrogen and oxygen atoms in total. The van der Waals surface area contributed by atoms with E-state index >= 15 is 0 Å². The molecule has 130 valence electrons. The molecule has 2 atom stereocenters. The first-order valence-corrected chi connectivity index (χ1v) is 8.66. The van der Waals surface area contributed by atoms with Crippen LogP contribution < -0.4 is 10.6 Å². The molecule has 1 aromatic rings. The summed E-state index contributed by atoms with van der Waals surface area (Å²) in [5.41, 5.74) is 0. The Morgan fingerprint density at radius 2 is 2.04 bits per heavy atom. The van der Waals surface area contributed by atoms with Crippen molar-refractivity contribution in [3.63, 3.8) is 0 Å². The summed E-state index contributed by atoms with van der Waals surface area (Å²) in [6, 6.07) is 4.13. The molecule has 1 aromatic carbocycles. The lowest BCUT2D eigenvalue weighted by molar-refractivity contribution is -0.128. The van der Waals surface area contributed by atoms with Gasteiger partial charge in [0.05, 0.1) is 23.4 Å². The van der Waals surface area contributed by atoms with Gasteiger partial charge in [0.2, 0.25) is 5.91 Å². The van der Waals surface area contributed by atoms with Crippen LogP contribution >= 0.6 is 12.4 Å². The van der Waals surface area contributed by atoms with E-state index < -0.39 is 21.7 Å². The Kier molecular flexibility index (Phi) is 7.40. The molecule has 0 bridgehead atoms. The number of nitrogens with one attached hydrogen (secondary N) is 2. The largest absolute Gasteiger partial charge is 0.375 e. The molecule has 0 radical (unpaired) electrons. The molecule has 1 aliphatic rings. The minimum Gasteiger partial charge on any atom is -0.375 e. The average molecular weight is 367 g/mol. The highest BCUT2D eigenvalue weighted by Gasteiger charge is 2.28. The lowest BCUT2D eigenvalue weighted by atomic mass is 10.1. The number of ether oxygens (including phenoxy) is 1.